The number of benzene rings is 2. The number of aryl methyl sites for hydroxylation is 2. The molecule has 0 spiro atoms. The van der Waals surface area contributed by atoms with Gasteiger partial charge in [-0.1, -0.05) is 12.1 Å². The summed E-state index contributed by atoms with van der Waals surface area (Å²) < 4.78 is 30.3. The first-order valence-electron chi connectivity index (χ1n) is 9.01. The molecule has 0 aromatic heterocycles. The van der Waals surface area contributed by atoms with E-state index < -0.39 is 22.1 Å². The lowest BCUT2D eigenvalue weighted by molar-refractivity contribution is 0.0318. The van der Waals surface area contributed by atoms with Crippen molar-refractivity contribution in [3.63, 3.8) is 0 Å². The second-order valence-corrected chi connectivity index (χ2v) is 9.05. The molecular weight excluding hydrogens is 378 g/mol. The smallest absolute Gasteiger partial charge is 0.338 e. The van der Waals surface area contributed by atoms with Gasteiger partial charge < -0.3 is 4.74 Å². The summed E-state index contributed by atoms with van der Waals surface area (Å²) in [6, 6.07) is 10.1. The van der Waals surface area contributed by atoms with Crippen LogP contribution in [0.4, 0.5) is 5.69 Å². The molecule has 2 aromatic carbocycles. The molecule has 0 radical (unpaired) electrons. The molecule has 1 heterocycles. The van der Waals surface area contributed by atoms with Crippen molar-refractivity contribution in [3.8, 4) is 0 Å². The molecule has 0 fully saturated rings. The molecule has 3 rings (SSSR count). The van der Waals surface area contributed by atoms with Crippen LogP contribution >= 0.6 is 0 Å². The van der Waals surface area contributed by atoms with E-state index in [1.54, 1.807) is 31.2 Å². The summed E-state index contributed by atoms with van der Waals surface area (Å²) in [6.45, 7) is 5.79. The summed E-state index contributed by atoms with van der Waals surface area (Å²) in [5.41, 5.74) is 4.24. The third kappa shape index (κ3) is 3.94. The van der Waals surface area contributed by atoms with E-state index in [1.165, 1.54) is 10.4 Å². The molecule has 1 unspecified atom stereocenters. The number of sulfonamides is 1. The van der Waals surface area contributed by atoms with Crippen molar-refractivity contribution in [1.29, 1.82) is 0 Å². The fourth-order valence-corrected chi connectivity index (χ4v) is 4.21. The van der Waals surface area contributed by atoms with Crippen LogP contribution < -0.4 is 4.31 Å². The maximum atomic E-state index is 12.6. The number of ether oxygens (including phenoxy) is 1. The van der Waals surface area contributed by atoms with Gasteiger partial charge in [-0.25, -0.2) is 13.2 Å². The van der Waals surface area contributed by atoms with Crippen molar-refractivity contribution >= 4 is 27.5 Å². The van der Waals surface area contributed by atoms with E-state index >= 15 is 0 Å². The van der Waals surface area contributed by atoms with Crippen LogP contribution in [-0.2, 0) is 21.2 Å². The summed E-state index contributed by atoms with van der Waals surface area (Å²) in [5, 5.41) is 0. The summed E-state index contributed by atoms with van der Waals surface area (Å²) >= 11 is 0. The summed E-state index contributed by atoms with van der Waals surface area (Å²) in [5.74, 6) is -0.869. The van der Waals surface area contributed by atoms with E-state index in [0.717, 1.165) is 22.9 Å². The van der Waals surface area contributed by atoms with Crippen molar-refractivity contribution in [2.24, 2.45) is 0 Å². The molecule has 1 atom stereocenters. The van der Waals surface area contributed by atoms with E-state index in [1.807, 2.05) is 19.9 Å². The molecule has 148 valence electrons. The van der Waals surface area contributed by atoms with Crippen LogP contribution in [0.3, 0.4) is 0 Å². The van der Waals surface area contributed by atoms with Crippen LogP contribution in [0.2, 0.25) is 0 Å². The minimum atomic E-state index is -3.34. The number of carbonyl (C=O) groups is 2. The maximum absolute atomic E-state index is 12.6. The second kappa shape index (κ2) is 7.39. The van der Waals surface area contributed by atoms with Gasteiger partial charge in [-0.05, 0) is 68.1 Å². The number of esters is 1. The van der Waals surface area contributed by atoms with Crippen LogP contribution in [0.5, 0.6) is 0 Å². The maximum Gasteiger partial charge on any atom is 0.338 e. The van der Waals surface area contributed by atoms with Gasteiger partial charge >= 0.3 is 5.97 Å². The Morgan fingerprint density at radius 1 is 1.04 bits per heavy atom. The van der Waals surface area contributed by atoms with E-state index in [2.05, 4.69) is 0 Å². The average molecular weight is 401 g/mol. The predicted octanol–water partition coefficient (Wildman–Crippen LogP) is 3.05. The van der Waals surface area contributed by atoms with Crippen molar-refractivity contribution in [3.05, 3.63) is 64.2 Å². The average Bonchev–Trinajstić information content (AvgIpc) is 3.06. The Hall–Kier alpha value is -2.67. The van der Waals surface area contributed by atoms with Crippen molar-refractivity contribution in [1.82, 2.24) is 0 Å². The molecule has 1 aliphatic heterocycles. The zero-order valence-corrected chi connectivity index (χ0v) is 17.2. The molecule has 0 aliphatic carbocycles. The Labute approximate surface area is 165 Å². The number of Topliss-reactive ketones (excluding diaryl/α,β-unsaturated/α-hetero) is 1. The van der Waals surface area contributed by atoms with Gasteiger partial charge in [0.2, 0.25) is 15.8 Å². The fourth-order valence-electron chi connectivity index (χ4n) is 3.25. The van der Waals surface area contributed by atoms with Gasteiger partial charge in [-0.15, -0.1) is 0 Å². The quantitative estimate of drug-likeness (QED) is 0.568. The highest BCUT2D eigenvalue weighted by molar-refractivity contribution is 7.92. The Bertz CT molecular complexity index is 1060. The molecule has 1 aliphatic rings. The normalized spacial score (nSPS) is 14.5. The highest BCUT2D eigenvalue weighted by atomic mass is 32.2. The Morgan fingerprint density at radius 3 is 2.36 bits per heavy atom. The van der Waals surface area contributed by atoms with Crippen LogP contribution in [0.25, 0.3) is 0 Å². The Kier molecular flexibility index (Phi) is 5.30. The molecule has 0 bridgehead atoms. The van der Waals surface area contributed by atoms with Gasteiger partial charge in [0.25, 0.3) is 0 Å². The van der Waals surface area contributed by atoms with Gasteiger partial charge in [-0.2, -0.15) is 0 Å². The standard InChI is InChI=1S/C21H23NO5S/c1-13-5-6-17(11-14(13)2)20(23)15(3)27-21(24)18-7-8-19-16(12-18)9-10-22(19)28(4,25)26/h5-8,11-12,15H,9-10H2,1-4H3. The minimum Gasteiger partial charge on any atom is -0.451 e. The van der Waals surface area contributed by atoms with Crippen molar-refractivity contribution in [2.45, 2.75) is 33.3 Å². The second-order valence-electron chi connectivity index (χ2n) is 7.14. The Balaban J connectivity index is 1.74. The van der Waals surface area contributed by atoms with E-state index in [9.17, 15) is 18.0 Å². The highest BCUT2D eigenvalue weighted by Gasteiger charge is 2.28. The minimum absolute atomic E-state index is 0.263. The lowest BCUT2D eigenvalue weighted by Gasteiger charge is -2.17. The molecule has 0 saturated carbocycles. The first kappa shape index (κ1) is 20.1. The van der Waals surface area contributed by atoms with Gasteiger partial charge in [-0.3, -0.25) is 9.10 Å². The number of rotatable bonds is 5. The van der Waals surface area contributed by atoms with Crippen LogP contribution in [0.15, 0.2) is 36.4 Å². The topological polar surface area (TPSA) is 80.8 Å². The summed E-state index contributed by atoms with van der Waals surface area (Å²) in [7, 11) is -3.34. The third-order valence-corrected chi connectivity index (χ3v) is 6.19. The number of anilines is 1. The number of carbonyl (C=O) groups excluding carboxylic acids is 2. The molecular formula is C21H23NO5S. The van der Waals surface area contributed by atoms with Gasteiger partial charge in [0.1, 0.15) is 0 Å². The number of hydrogen-bond acceptors (Lipinski definition) is 5. The number of fused-ring (bicyclic) bond motifs is 1. The summed E-state index contributed by atoms with van der Waals surface area (Å²) in [6.07, 6.45) is 0.765. The van der Waals surface area contributed by atoms with E-state index in [0.29, 0.717) is 29.8 Å². The van der Waals surface area contributed by atoms with Crippen LogP contribution in [-0.4, -0.2) is 39.1 Å². The van der Waals surface area contributed by atoms with Crippen LogP contribution in [0.1, 0.15) is 44.3 Å². The molecule has 0 amide bonds. The van der Waals surface area contributed by atoms with E-state index in [-0.39, 0.29) is 5.78 Å². The molecule has 7 heteroatoms. The SMILES string of the molecule is Cc1ccc(C(=O)C(C)OC(=O)c2ccc3c(c2)CCN3S(C)(=O)=O)cc1C. The van der Waals surface area contributed by atoms with Gasteiger partial charge in [0.05, 0.1) is 17.5 Å². The number of nitrogens with zero attached hydrogens (tertiary/aromatic N) is 1. The number of ketones is 1. The molecule has 2 aromatic rings. The third-order valence-electron chi connectivity index (χ3n) is 5.01. The van der Waals surface area contributed by atoms with Crippen LogP contribution in [0, 0.1) is 13.8 Å². The molecule has 6 nitrogen and oxygen atoms in total. The lowest BCUT2D eigenvalue weighted by Crippen LogP contribution is -2.27. The monoisotopic (exact) mass is 401 g/mol. The fraction of sp³-hybridized carbons (Fsp3) is 0.333. The first-order chi connectivity index (χ1) is 13.1. The largest absolute Gasteiger partial charge is 0.451 e. The highest BCUT2D eigenvalue weighted by Crippen LogP contribution is 2.31. The van der Waals surface area contributed by atoms with Gasteiger partial charge in [0, 0.05) is 12.1 Å². The zero-order valence-electron chi connectivity index (χ0n) is 16.4. The van der Waals surface area contributed by atoms with Crippen molar-refractivity contribution < 1.29 is 22.7 Å². The zero-order chi connectivity index (χ0) is 20.6. The summed E-state index contributed by atoms with van der Waals surface area (Å²) in [4.78, 5) is 25.0. The Morgan fingerprint density at radius 2 is 1.71 bits per heavy atom. The lowest BCUT2D eigenvalue weighted by atomic mass is 10.0. The molecule has 0 N–H and O–H groups in total. The van der Waals surface area contributed by atoms with Gasteiger partial charge in [0.15, 0.2) is 6.10 Å². The predicted molar refractivity (Wildman–Crippen MR) is 107 cm³/mol. The first-order valence-corrected chi connectivity index (χ1v) is 10.9. The van der Waals surface area contributed by atoms with E-state index in [4.69, 9.17) is 4.74 Å². The molecule has 0 saturated heterocycles. The number of hydrogen-bond donors (Lipinski definition) is 0. The van der Waals surface area contributed by atoms with Crippen molar-refractivity contribution in [2.75, 3.05) is 17.1 Å². The molecule has 28 heavy (non-hydrogen) atoms.